The normalized spacial score (nSPS) is 17.7. The summed E-state index contributed by atoms with van der Waals surface area (Å²) in [5.41, 5.74) is 9.81. The number of hydrogen-bond acceptors (Lipinski definition) is 5. The van der Waals surface area contributed by atoms with E-state index in [0.29, 0.717) is 13.2 Å². The molecule has 5 nitrogen and oxygen atoms in total. The van der Waals surface area contributed by atoms with Gasteiger partial charge in [-0.05, 0) is 49.4 Å². The van der Waals surface area contributed by atoms with Crippen LogP contribution in [0.1, 0.15) is 38.3 Å². The molecule has 1 atom stereocenters. The average Bonchev–Trinajstić information content (AvgIpc) is 3.33. The van der Waals surface area contributed by atoms with Gasteiger partial charge in [0.05, 0.1) is 11.4 Å². The summed E-state index contributed by atoms with van der Waals surface area (Å²) in [6, 6.07) is 7.86. The number of hydrazine groups is 1. The number of amides is 1. The molecular weight excluding hydrogens is 370 g/mol. The number of allylic oxidation sites excluding steroid dienone is 1. The van der Waals surface area contributed by atoms with Crippen LogP contribution in [0.4, 0.5) is 5.69 Å². The maximum Gasteiger partial charge on any atom is 0.243 e. The molecule has 28 heavy (non-hydrogen) atoms. The predicted octanol–water partition coefficient (Wildman–Crippen LogP) is 4.19. The van der Waals surface area contributed by atoms with Gasteiger partial charge in [0.2, 0.25) is 5.91 Å². The molecule has 1 unspecified atom stereocenters. The number of carbonyl (C=O) groups is 1. The summed E-state index contributed by atoms with van der Waals surface area (Å²) in [6.07, 6.45) is 3.06. The first kappa shape index (κ1) is 18.8. The Bertz CT molecular complexity index is 943. The molecule has 1 aromatic carbocycles. The molecule has 2 N–H and O–H groups in total. The molecule has 0 saturated heterocycles. The number of carbonyl (C=O) groups excluding carboxylic acids is 1. The van der Waals surface area contributed by atoms with Crippen molar-refractivity contribution in [2.45, 2.75) is 33.2 Å². The Morgan fingerprint density at radius 2 is 2.25 bits per heavy atom. The topological polar surface area (TPSA) is 53.6 Å². The summed E-state index contributed by atoms with van der Waals surface area (Å²) in [6.45, 7) is 7.30. The zero-order chi connectivity index (χ0) is 19.7. The number of rotatable bonds is 5. The second-order valence-electron chi connectivity index (χ2n) is 7.31. The van der Waals surface area contributed by atoms with Gasteiger partial charge in [0.1, 0.15) is 18.4 Å². The van der Waals surface area contributed by atoms with E-state index in [0.717, 1.165) is 40.3 Å². The SMILES string of the molecule is CCCNC(=O)C1NN(c2ccsc2)C2=C1COc1ccc(C=C(C)C)cc12. The second-order valence-corrected chi connectivity index (χ2v) is 8.09. The molecule has 1 aromatic heterocycles. The van der Waals surface area contributed by atoms with Gasteiger partial charge in [-0.3, -0.25) is 9.80 Å². The Kier molecular flexibility index (Phi) is 5.24. The Balaban J connectivity index is 1.80. The number of benzene rings is 1. The predicted molar refractivity (Wildman–Crippen MR) is 115 cm³/mol. The van der Waals surface area contributed by atoms with Crippen LogP contribution in [0.2, 0.25) is 0 Å². The van der Waals surface area contributed by atoms with Crippen LogP contribution in [0.5, 0.6) is 5.75 Å². The summed E-state index contributed by atoms with van der Waals surface area (Å²) in [5.74, 6) is 0.834. The van der Waals surface area contributed by atoms with E-state index in [2.05, 4.69) is 61.2 Å². The van der Waals surface area contributed by atoms with Crippen molar-refractivity contribution in [2.75, 3.05) is 18.2 Å². The van der Waals surface area contributed by atoms with E-state index in [4.69, 9.17) is 4.74 Å². The summed E-state index contributed by atoms with van der Waals surface area (Å²) < 4.78 is 6.03. The standard InChI is InChI=1S/C22H25N3O2S/c1-4-8-23-22(26)20-18-12-27-19-6-5-15(10-14(2)3)11-17(19)21(18)25(24-20)16-7-9-28-13-16/h5-7,9-11,13,20,24H,4,8,12H2,1-3H3,(H,23,26). The summed E-state index contributed by atoms with van der Waals surface area (Å²) >= 11 is 1.64. The zero-order valence-electron chi connectivity index (χ0n) is 16.4. The van der Waals surface area contributed by atoms with Crippen LogP contribution in [0.25, 0.3) is 11.8 Å². The lowest BCUT2D eigenvalue weighted by molar-refractivity contribution is -0.122. The second kappa shape index (κ2) is 7.81. The highest BCUT2D eigenvalue weighted by Gasteiger charge is 2.40. The third-order valence-electron chi connectivity index (χ3n) is 4.81. The zero-order valence-corrected chi connectivity index (χ0v) is 17.2. The van der Waals surface area contributed by atoms with Crippen LogP contribution in [0.3, 0.4) is 0 Å². The van der Waals surface area contributed by atoms with E-state index in [1.54, 1.807) is 11.3 Å². The summed E-state index contributed by atoms with van der Waals surface area (Å²) in [5, 5.41) is 9.17. The molecule has 0 saturated carbocycles. The molecular formula is C22H25N3O2S. The maximum atomic E-state index is 12.8. The van der Waals surface area contributed by atoms with E-state index < -0.39 is 6.04 Å². The lowest BCUT2D eigenvalue weighted by atomic mass is 9.97. The lowest BCUT2D eigenvalue weighted by Gasteiger charge is -2.25. The molecule has 0 radical (unpaired) electrons. The van der Waals surface area contributed by atoms with Crippen molar-refractivity contribution < 1.29 is 9.53 Å². The molecule has 3 heterocycles. The third-order valence-corrected chi connectivity index (χ3v) is 5.48. The molecule has 0 spiro atoms. The van der Waals surface area contributed by atoms with Crippen molar-refractivity contribution in [3.05, 3.63) is 57.3 Å². The summed E-state index contributed by atoms with van der Waals surface area (Å²) in [4.78, 5) is 12.8. The van der Waals surface area contributed by atoms with Crippen LogP contribution >= 0.6 is 11.3 Å². The van der Waals surface area contributed by atoms with Crippen LogP contribution < -0.4 is 20.5 Å². The Hall–Kier alpha value is -2.57. The Labute approximate surface area is 169 Å². The van der Waals surface area contributed by atoms with E-state index in [-0.39, 0.29) is 5.91 Å². The molecule has 4 rings (SSSR count). The van der Waals surface area contributed by atoms with Crippen molar-refractivity contribution in [3.63, 3.8) is 0 Å². The number of nitrogens with one attached hydrogen (secondary N) is 2. The van der Waals surface area contributed by atoms with Gasteiger partial charge in [-0.15, -0.1) is 0 Å². The maximum absolute atomic E-state index is 12.8. The highest BCUT2D eigenvalue weighted by molar-refractivity contribution is 7.08. The molecule has 2 aliphatic rings. The monoisotopic (exact) mass is 395 g/mol. The van der Waals surface area contributed by atoms with Gasteiger partial charge in [-0.1, -0.05) is 24.6 Å². The largest absolute Gasteiger partial charge is 0.488 e. The number of fused-ring (bicyclic) bond motifs is 2. The smallest absolute Gasteiger partial charge is 0.243 e. The number of anilines is 1. The fourth-order valence-corrected chi connectivity index (χ4v) is 4.21. The van der Waals surface area contributed by atoms with Gasteiger partial charge in [-0.25, -0.2) is 5.43 Å². The van der Waals surface area contributed by atoms with Gasteiger partial charge in [0.25, 0.3) is 0 Å². The highest BCUT2D eigenvalue weighted by Crippen LogP contribution is 2.42. The molecule has 2 aromatic rings. The Morgan fingerprint density at radius 3 is 2.96 bits per heavy atom. The average molecular weight is 396 g/mol. The van der Waals surface area contributed by atoms with Gasteiger partial charge in [0, 0.05) is 23.1 Å². The fourth-order valence-electron chi connectivity index (χ4n) is 3.59. The lowest BCUT2D eigenvalue weighted by Crippen LogP contribution is -2.47. The van der Waals surface area contributed by atoms with Gasteiger partial charge >= 0.3 is 0 Å². The van der Waals surface area contributed by atoms with Crippen molar-refractivity contribution >= 4 is 34.7 Å². The third kappa shape index (κ3) is 3.45. The molecule has 6 heteroatoms. The number of nitrogens with zero attached hydrogens (tertiary/aromatic N) is 1. The highest BCUT2D eigenvalue weighted by atomic mass is 32.1. The number of thiophene rings is 1. The van der Waals surface area contributed by atoms with E-state index in [9.17, 15) is 4.79 Å². The van der Waals surface area contributed by atoms with E-state index in [1.807, 2.05) is 16.5 Å². The fraction of sp³-hybridized carbons (Fsp3) is 0.318. The van der Waals surface area contributed by atoms with Crippen LogP contribution in [0.15, 0.2) is 46.2 Å². The number of ether oxygens (including phenoxy) is 1. The first-order valence-corrected chi connectivity index (χ1v) is 10.5. The molecule has 0 fully saturated rings. The quantitative estimate of drug-likeness (QED) is 0.797. The molecule has 2 aliphatic heterocycles. The first-order valence-electron chi connectivity index (χ1n) is 9.60. The number of hydrogen-bond donors (Lipinski definition) is 2. The minimum atomic E-state index is -0.429. The van der Waals surface area contributed by atoms with Crippen LogP contribution in [0, 0.1) is 0 Å². The van der Waals surface area contributed by atoms with Crippen LogP contribution in [-0.2, 0) is 4.79 Å². The molecule has 146 valence electrons. The summed E-state index contributed by atoms with van der Waals surface area (Å²) in [7, 11) is 0. The van der Waals surface area contributed by atoms with Crippen molar-refractivity contribution in [1.82, 2.24) is 10.7 Å². The van der Waals surface area contributed by atoms with E-state index >= 15 is 0 Å². The minimum Gasteiger partial charge on any atom is -0.488 e. The van der Waals surface area contributed by atoms with Crippen molar-refractivity contribution in [1.29, 1.82) is 0 Å². The van der Waals surface area contributed by atoms with Crippen LogP contribution in [-0.4, -0.2) is 25.1 Å². The van der Waals surface area contributed by atoms with Crippen molar-refractivity contribution in [3.8, 4) is 5.75 Å². The molecule has 0 aliphatic carbocycles. The molecule has 0 bridgehead atoms. The Morgan fingerprint density at radius 1 is 1.39 bits per heavy atom. The van der Waals surface area contributed by atoms with Crippen molar-refractivity contribution in [2.24, 2.45) is 0 Å². The van der Waals surface area contributed by atoms with Gasteiger partial charge in [-0.2, -0.15) is 11.3 Å². The first-order chi connectivity index (χ1) is 13.6. The molecule has 1 amide bonds. The van der Waals surface area contributed by atoms with E-state index in [1.165, 1.54) is 5.57 Å². The minimum absolute atomic E-state index is 0.0143. The van der Waals surface area contributed by atoms with Gasteiger partial charge < -0.3 is 10.1 Å². The van der Waals surface area contributed by atoms with Gasteiger partial charge in [0.15, 0.2) is 0 Å².